The summed E-state index contributed by atoms with van der Waals surface area (Å²) in [4.78, 5) is 0. The van der Waals surface area contributed by atoms with Gasteiger partial charge in [0.15, 0.2) is 0 Å². The Morgan fingerprint density at radius 1 is 0.400 bits per heavy atom. The molecule has 2 aromatic rings. The second-order valence-corrected chi connectivity index (χ2v) is 40.1. The van der Waals surface area contributed by atoms with Gasteiger partial charge < -0.3 is 7.43 Å². The van der Waals surface area contributed by atoms with Gasteiger partial charge in [-0.15, -0.1) is 0 Å². The van der Waals surface area contributed by atoms with Crippen LogP contribution < -0.4 is 0 Å². The molecule has 0 heterocycles. The maximum atomic E-state index is 4.61. The summed E-state index contributed by atoms with van der Waals surface area (Å²) in [6.07, 6.45) is 5.02. The van der Waals surface area contributed by atoms with Gasteiger partial charge in [0.2, 0.25) is 0 Å². The van der Waals surface area contributed by atoms with Crippen LogP contribution in [0.3, 0.4) is 0 Å². The van der Waals surface area contributed by atoms with Crippen molar-refractivity contribution in [3.63, 3.8) is 0 Å². The summed E-state index contributed by atoms with van der Waals surface area (Å²) < 4.78 is 0. The van der Waals surface area contributed by atoms with Crippen molar-refractivity contribution in [3.05, 3.63) is 78.2 Å². The fraction of sp³-hybridized carbons (Fsp3) is 0.735. The van der Waals surface area contributed by atoms with Crippen LogP contribution in [0.25, 0.3) is 0 Å². The Kier molecular flexibility index (Phi) is 23.5. The monoisotopic (exact) mass is 944 g/mol. The molecule has 0 aliphatic heterocycles. The fourth-order valence-corrected chi connectivity index (χ4v) is 23.6. The number of halogens is 1. The molecule has 0 aliphatic carbocycles. The van der Waals surface area contributed by atoms with Gasteiger partial charge in [-0.25, -0.2) is 0 Å². The zero-order chi connectivity index (χ0) is 43.1. The molecule has 55 heavy (non-hydrogen) atoms. The molecule has 0 unspecified atom stereocenters. The van der Waals surface area contributed by atoms with Crippen molar-refractivity contribution < 1.29 is 17.3 Å². The number of hydrogen-bond donors (Lipinski definition) is 0. The molecular formula is C49H94ClP4Ru+. The average molecular weight is 944 g/mol. The molecule has 0 aromatic heterocycles. The first-order valence-electron chi connectivity index (χ1n) is 20.4. The molecule has 6 heteroatoms. The third-order valence-corrected chi connectivity index (χ3v) is 26.9. The van der Waals surface area contributed by atoms with E-state index in [-0.39, 0.29) is 23.3 Å². The van der Waals surface area contributed by atoms with Crippen LogP contribution >= 0.6 is 41.4 Å². The molecule has 2 rings (SSSR count). The normalized spacial score (nSPS) is 13.7. The molecule has 0 bridgehead atoms. The molecule has 0 aliphatic rings. The predicted octanol–water partition coefficient (Wildman–Crippen LogP) is 18.0. The van der Waals surface area contributed by atoms with E-state index in [2.05, 4.69) is 224 Å². The molecule has 0 N–H and O–H groups in total. The quantitative estimate of drug-likeness (QED) is 0.141. The minimum absolute atomic E-state index is 0. The zero-order valence-electron chi connectivity index (χ0n) is 41.1. The van der Waals surface area contributed by atoms with Gasteiger partial charge in [0.1, 0.15) is 0 Å². The van der Waals surface area contributed by atoms with Gasteiger partial charge in [0.25, 0.3) is 0 Å². The van der Waals surface area contributed by atoms with Gasteiger partial charge in [-0.05, 0) is 144 Å². The maximum absolute atomic E-state index is 4.61. The van der Waals surface area contributed by atoms with E-state index in [4.69, 9.17) is 0 Å². The first-order chi connectivity index (χ1) is 23.8. The molecular weight excluding hydrogens is 849 g/mol. The molecule has 0 fully saturated rings. The first kappa shape index (κ1) is 58.2. The number of benzene rings is 2. The van der Waals surface area contributed by atoms with Crippen molar-refractivity contribution in [1.82, 2.24) is 0 Å². The second kappa shape index (κ2) is 22.2. The van der Waals surface area contributed by atoms with Gasteiger partial charge >= 0.3 is 27.0 Å². The molecule has 0 amide bonds. The Labute approximate surface area is 366 Å². The Balaban J connectivity index is 0. The van der Waals surface area contributed by atoms with Crippen molar-refractivity contribution in [3.8, 4) is 0 Å². The van der Waals surface area contributed by atoms with Crippen LogP contribution in [0, 0.1) is 7.43 Å². The van der Waals surface area contributed by atoms with Crippen molar-refractivity contribution in [1.29, 1.82) is 0 Å². The Morgan fingerprint density at radius 2 is 0.600 bits per heavy atom. The van der Waals surface area contributed by atoms with Crippen LogP contribution in [0.5, 0.6) is 0 Å². The van der Waals surface area contributed by atoms with Gasteiger partial charge in [-0.2, -0.15) is 0 Å². The summed E-state index contributed by atoms with van der Waals surface area (Å²) in [5, 5.41) is 3.21. The molecule has 0 saturated heterocycles. The molecule has 0 spiro atoms. The van der Waals surface area contributed by atoms with Crippen LogP contribution in [0.15, 0.2) is 48.5 Å². The van der Waals surface area contributed by atoms with Gasteiger partial charge in [-0.3, -0.25) is 0 Å². The Morgan fingerprint density at radius 3 is 0.800 bits per heavy atom. The standard InChI is InChI=1S/2C24H44P2.CH3.ClH.Ru.H/c2*1-21(2,3)25(22(4,5)6)17-19-14-13-15-20(16-19)18-26(23(7,8)9)24(10,11)12;;;;/h2*13-16H,17-18H2,1-12H3;1H3;1H;;/q;;-1;;+1;/p+1. The van der Waals surface area contributed by atoms with E-state index in [1.54, 1.807) is 28.4 Å². The average Bonchev–Trinajstić information content (AvgIpc) is 2.93. The molecule has 2 aromatic carbocycles. The van der Waals surface area contributed by atoms with E-state index >= 15 is 0 Å². The second-order valence-electron chi connectivity index (χ2n) is 23.8. The molecule has 0 atom stereocenters. The van der Waals surface area contributed by atoms with Crippen molar-refractivity contribution in [2.24, 2.45) is 0 Å². The van der Waals surface area contributed by atoms with Crippen LogP contribution in [0.2, 0.25) is 0 Å². The van der Waals surface area contributed by atoms with E-state index in [1.165, 1.54) is 35.8 Å². The van der Waals surface area contributed by atoms with E-state index in [0.29, 0.717) is 41.2 Å². The SMILES string of the molecule is CC(C)(C)P(Cc1cccc(CP(C(C)(C)C)C(C)(C)C)c1)C(C)(C)C.CC(C)(C)[PH+](Cc1cccc(C[PH+](C(C)(C)C)C(C)(C)C)c1)C(C)(C)C.[CH3-].[Cl][RuH]. The third-order valence-electron chi connectivity index (χ3n) is 10.3. The molecule has 0 radical (unpaired) electrons. The summed E-state index contributed by atoms with van der Waals surface area (Å²) in [5.74, 6) is 0. The summed E-state index contributed by atoms with van der Waals surface area (Å²) in [7, 11) is 3.39. The Hall–Kier alpha value is 1.07. The zero-order valence-corrected chi connectivity index (χ0v) is 47.5. The molecule has 324 valence electrons. The van der Waals surface area contributed by atoms with E-state index < -0.39 is 15.8 Å². The van der Waals surface area contributed by atoms with E-state index in [1.807, 2.05) is 0 Å². The summed E-state index contributed by atoms with van der Waals surface area (Å²) in [6.45, 7) is 58.4. The fourth-order valence-electron chi connectivity index (χ4n) is 8.72. The summed E-state index contributed by atoms with van der Waals surface area (Å²) >= 11 is 1.62. The van der Waals surface area contributed by atoms with Crippen molar-refractivity contribution >= 4 is 41.4 Å². The third kappa shape index (κ3) is 21.4. The van der Waals surface area contributed by atoms with Crippen LogP contribution in [-0.4, -0.2) is 41.2 Å². The first-order valence-corrected chi connectivity index (χ1v) is 29.3. The van der Waals surface area contributed by atoms with Gasteiger partial charge in [0, 0.05) is 15.8 Å². The van der Waals surface area contributed by atoms with Crippen LogP contribution in [0.1, 0.15) is 188 Å². The van der Waals surface area contributed by atoms with Crippen molar-refractivity contribution in [2.75, 3.05) is 0 Å². The van der Waals surface area contributed by atoms with Gasteiger partial charge in [-0.1, -0.05) is 141 Å². The van der Waals surface area contributed by atoms with E-state index in [9.17, 15) is 0 Å². The van der Waals surface area contributed by atoms with Crippen LogP contribution in [0.4, 0.5) is 0 Å². The number of rotatable bonds is 8. The minimum atomic E-state index is -0.520. The van der Waals surface area contributed by atoms with Crippen molar-refractivity contribution in [2.45, 2.75) is 232 Å². The Bertz CT molecular complexity index is 1120. The topological polar surface area (TPSA) is 0 Å². The van der Waals surface area contributed by atoms with Crippen LogP contribution in [-0.2, 0) is 42.0 Å². The summed E-state index contributed by atoms with van der Waals surface area (Å²) in [6, 6.07) is 19.1. The molecule has 0 saturated carbocycles. The number of hydrogen-bond acceptors (Lipinski definition) is 0. The predicted molar refractivity (Wildman–Crippen MR) is 270 cm³/mol. The van der Waals surface area contributed by atoms with E-state index in [0.717, 1.165) is 0 Å². The van der Waals surface area contributed by atoms with Gasteiger partial charge in [0.05, 0.1) is 32.9 Å². The molecule has 0 nitrogen and oxygen atoms in total. The summed E-state index contributed by atoms with van der Waals surface area (Å²) in [5.41, 5.74) is 6.20.